The molecule has 4 aromatic rings. The van der Waals surface area contributed by atoms with Crippen LogP contribution in [0.1, 0.15) is 16.7 Å². The van der Waals surface area contributed by atoms with Gasteiger partial charge in [0, 0.05) is 26.7 Å². The molecule has 1 heterocycles. The van der Waals surface area contributed by atoms with E-state index in [1.165, 1.54) is 11.1 Å². The average Bonchev–Trinajstić information content (AvgIpc) is 3.23. The molecule has 0 aliphatic carbocycles. The monoisotopic (exact) mass is 541 g/mol. The van der Waals surface area contributed by atoms with Gasteiger partial charge in [0.25, 0.3) is 0 Å². The van der Waals surface area contributed by atoms with E-state index < -0.39 is 0 Å². The Hall–Kier alpha value is -3.07. The van der Waals surface area contributed by atoms with Crippen molar-refractivity contribution >= 4 is 41.0 Å². The number of fused-ring (bicyclic) bond motifs is 1. The molecular formula is C25H28IN5O. The SMILES string of the molecule is CN=C(NCc1ccc(Cn2cnc3ccccc32)cc1)NCc1cccc(OC)c1.I. The molecule has 0 aliphatic heterocycles. The number of aliphatic imine (C=N–C) groups is 1. The summed E-state index contributed by atoms with van der Waals surface area (Å²) in [5.41, 5.74) is 5.75. The van der Waals surface area contributed by atoms with Gasteiger partial charge in [0.15, 0.2) is 5.96 Å². The Morgan fingerprint density at radius 2 is 1.62 bits per heavy atom. The van der Waals surface area contributed by atoms with Crippen LogP contribution >= 0.6 is 24.0 Å². The van der Waals surface area contributed by atoms with Crippen LogP contribution in [0.15, 0.2) is 84.1 Å². The molecule has 0 atom stereocenters. The fraction of sp³-hybridized carbons (Fsp3) is 0.200. The van der Waals surface area contributed by atoms with Crippen LogP contribution < -0.4 is 15.4 Å². The molecule has 32 heavy (non-hydrogen) atoms. The molecule has 0 bridgehead atoms. The number of hydrogen-bond donors (Lipinski definition) is 2. The largest absolute Gasteiger partial charge is 0.497 e. The Kier molecular flexibility index (Phi) is 8.49. The van der Waals surface area contributed by atoms with E-state index >= 15 is 0 Å². The first-order valence-corrected chi connectivity index (χ1v) is 10.3. The van der Waals surface area contributed by atoms with Gasteiger partial charge in [-0.05, 0) is 41.0 Å². The first-order chi connectivity index (χ1) is 15.2. The predicted octanol–water partition coefficient (Wildman–Crippen LogP) is 4.58. The lowest BCUT2D eigenvalue weighted by molar-refractivity contribution is 0.414. The van der Waals surface area contributed by atoms with Crippen LogP contribution in [0.2, 0.25) is 0 Å². The summed E-state index contributed by atoms with van der Waals surface area (Å²) in [4.78, 5) is 8.78. The van der Waals surface area contributed by atoms with Gasteiger partial charge in [-0.2, -0.15) is 0 Å². The second-order valence-corrected chi connectivity index (χ2v) is 7.31. The Morgan fingerprint density at radius 3 is 2.38 bits per heavy atom. The molecule has 0 spiro atoms. The molecule has 2 N–H and O–H groups in total. The van der Waals surface area contributed by atoms with Gasteiger partial charge in [0.1, 0.15) is 5.75 Å². The summed E-state index contributed by atoms with van der Waals surface area (Å²) in [5, 5.41) is 6.70. The molecule has 3 aromatic carbocycles. The Balaban J connectivity index is 0.00000289. The maximum atomic E-state index is 5.28. The van der Waals surface area contributed by atoms with Crippen molar-refractivity contribution < 1.29 is 4.74 Å². The number of para-hydroxylation sites is 2. The van der Waals surface area contributed by atoms with Crippen LogP contribution in [-0.2, 0) is 19.6 Å². The first kappa shape index (κ1) is 23.6. The van der Waals surface area contributed by atoms with E-state index in [9.17, 15) is 0 Å². The number of methoxy groups -OCH3 is 1. The number of nitrogens with one attached hydrogen (secondary N) is 2. The van der Waals surface area contributed by atoms with Crippen molar-refractivity contribution in [3.8, 4) is 5.75 Å². The van der Waals surface area contributed by atoms with E-state index in [-0.39, 0.29) is 24.0 Å². The van der Waals surface area contributed by atoms with Crippen LogP contribution in [0.3, 0.4) is 0 Å². The third-order valence-electron chi connectivity index (χ3n) is 5.18. The van der Waals surface area contributed by atoms with Crippen LogP contribution in [0.25, 0.3) is 11.0 Å². The number of hydrogen-bond acceptors (Lipinski definition) is 3. The second kappa shape index (κ2) is 11.5. The number of ether oxygens (including phenoxy) is 1. The van der Waals surface area contributed by atoms with Crippen molar-refractivity contribution in [3.63, 3.8) is 0 Å². The van der Waals surface area contributed by atoms with Gasteiger partial charge in [0.05, 0.1) is 24.5 Å². The molecule has 4 rings (SSSR count). The van der Waals surface area contributed by atoms with Crippen molar-refractivity contribution in [1.82, 2.24) is 20.2 Å². The summed E-state index contributed by atoms with van der Waals surface area (Å²) in [5.74, 6) is 1.61. The Bertz CT molecular complexity index is 1170. The van der Waals surface area contributed by atoms with Crippen molar-refractivity contribution in [2.75, 3.05) is 14.2 Å². The highest BCUT2D eigenvalue weighted by molar-refractivity contribution is 14.0. The highest BCUT2D eigenvalue weighted by atomic mass is 127. The van der Waals surface area contributed by atoms with Gasteiger partial charge in [-0.15, -0.1) is 24.0 Å². The third-order valence-corrected chi connectivity index (χ3v) is 5.18. The number of nitrogens with zero attached hydrogens (tertiary/aromatic N) is 3. The van der Waals surface area contributed by atoms with Crippen molar-refractivity contribution in [2.24, 2.45) is 4.99 Å². The van der Waals surface area contributed by atoms with Gasteiger partial charge in [0.2, 0.25) is 0 Å². The minimum Gasteiger partial charge on any atom is -0.497 e. The molecule has 0 aliphatic rings. The molecule has 0 saturated heterocycles. The van der Waals surface area contributed by atoms with E-state index in [0.29, 0.717) is 13.1 Å². The summed E-state index contributed by atoms with van der Waals surface area (Å²) in [6.07, 6.45) is 1.90. The van der Waals surface area contributed by atoms with Gasteiger partial charge >= 0.3 is 0 Å². The minimum absolute atomic E-state index is 0. The van der Waals surface area contributed by atoms with E-state index in [1.807, 2.05) is 42.7 Å². The number of aromatic nitrogens is 2. The fourth-order valence-electron chi connectivity index (χ4n) is 3.47. The van der Waals surface area contributed by atoms with Crippen LogP contribution in [0.4, 0.5) is 0 Å². The molecule has 1 aromatic heterocycles. The zero-order valence-electron chi connectivity index (χ0n) is 18.3. The lowest BCUT2D eigenvalue weighted by Gasteiger charge is -2.13. The third kappa shape index (κ3) is 6.00. The van der Waals surface area contributed by atoms with E-state index in [2.05, 4.69) is 61.6 Å². The molecule has 0 saturated carbocycles. The molecular weight excluding hydrogens is 513 g/mol. The normalized spacial score (nSPS) is 11.1. The lowest BCUT2D eigenvalue weighted by Crippen LogP contribution is -2.36. The minimum atomic E-state index is 0. The predicted molar refractivity (Wildman–Crippen MR) is 141 cm³/mol. The van der Waals surface area contributed by atoms with Crippen molar-refractivity contribution in [2.45, 2.75) is 19.6 Å². The Morgan fingerprint density at radius 1 is 0.906 bits per heavy atom. The number of benzene rings is 3. The highest BCUT2D eigenvalue weighted by Crippen LogP contribution is 2.15. The van der Waals surface area contributed by atoms with Crippen LogP contribution in [0, 0.1) is 0 Å². The van der Waals surface area contributed by atoms with Crippen LogP contribution in [0.5, 0.6) is 5.75 Å². The van der Waals surface area contributed by atoms with E-state index in [1.54, 1.807) is 14.2 Å². The summed E-state index contributed by atoms with van der Waals surface area (Å²) < 4.78 is 7.45. The van der Waals surface area contributed by atoms with E-state index in [0.717, 1.165) is 34.9 Å². The topological polar surface area (TPSA) is 63.5 Å². The summed E-state index contributed by atoms with van der Waals surface area (Å²) in [6.45, 7) is 2.18. The summed E-state index contributed by atoms with van der Waals surface area (Å²) in [6, 6.07) is 24.8. The quantitative estimate of drug-likeness (QED) is 0.204. The maximum Gasteiger partial charge on any atom is 0.191 e. The Labute approximate surface area is 205 Å². The maximum absolute atomic E-state index is 5.28. The van der Waals surface area contributed by atoms with Crippen LogP contribution in [-0.4, -0.2) is 29.7 Å². The molecule has 0 unspecified atom stereocenters. The fourth-order valence-corrected chi connectivity index (χ4v) is 3.47. The highest BCUT2D eigenvalue weighted by Gasteiger charge is 2.04. The van der Waals surface area contributed by atoms with Gasteiger partial charge in [-0.3, -0.25) is 4.99 Å². The molecule has 7 heteroatoms. The average molecular weight is 541 g/mol. The van der Waals surface area contributed by atoms with Gasteiger partial charge < -0.3 is 19.9 Å². The molecule has 166 valence electrons. The summed E-state index contributed by atoms with van der Waals surface area (Å²) in [7, 11) is 3.45. The first-order valence-electron chi connectivity index (χ1n) is 10.3. The zero-order chi connectivity index (χ0) is 21.5. The van der Waals surface area contributed by atoms with Crippen molar-refractivity contribution in [3.05, 3.63) is 95.8 Å². The number of guanidine groups is 1. The molecule has 0 radical (unpaired) electrons. The molecule has 0 amide bonds. The van der Waals surface area contributed by atoms with Gasteiger partial charge in [-0.1, -0.05) is 48.5 Å². The summed E-state index contributed by atoms with van der Waals surface area (Å²) >= 11 is 0. The van der Waals surface area contributed by atoms with E-state index in [4.69, 9.17) is 4.74 Å². The number of rotatable bonds is 7. The second-order valence-electron chi connectivity index (χ2n) is 7.31. The van der Waals surface area contributed by atoms with Gasteiger partial charge in [-0.25, -0.2) is 4.98 Å². The molecule has 0 fully saturated rings. The number of halogens is 1. The molecule has 6 nitrogen and oxygen atoms in total. The number of imidazole rings is 1. The lowest BCUT2D eigenvalue weighted by atomic mass is 10.1. The zero-order valence-corrected chi connectivity index (χ0v) is 20.6. The smallest absolute Gasteiger partial charge is 0.191 e. The van der Waals surface area contributed by atoms with Crippen molar-refractivity contribution in [1.29, 1.82) is 0 Å². The standard InChI is InChI=1S/C25H27N5O.HI/c1-26-25(28-16-21-6-5-7-22(14-21)31-2)27-15-19-10-12-20(13-11-19)17-30-18-29-23-8-3-4-9-24(23)30;/h3-14,18H,15-17H2,1-2H3,(H2,26,27,28);1H.